The number of hydrogen-bond donors (Lipinski definition) is 0. The summed E-state index contributed by atoms with van der Waals surface area (Å²) in [5, 5.41) is 0. The average Bonchev–Trinajstić information content (AvgIpc) is 3.37. The number of allylic oxidation sites excluding steroid dienone is 6. The Morgan fingerprint density at radius 2 is 0.507 bits per heavy atom. The van der Waals surface area contributed by atoms with E-state index in [1.165, 1.54) is 238 Å². The summed E-state index contributed by atoms with van der Waals surface area (Å²) in [4.78, 5) is 38.2. The van der Waals surface area contributed by atoms with Crippen molar-refractivity contribution in [3.05, 3.63) is 36.5 Å². The summed E-state index contributed by atoms with van der Waals surface area (Å²) >= 11 is 0. The van der Waals surface area contributed by atoms with Crippen molar-refractivity contribution in [2.24, 2.45) is 0 Å². The zero-order valence-electron chi connectivity index (χ0n) is 47.8. The van der Waals surface area contributed by atoms with Crippen molar-refractivity contribution < 1.29 is 28.6 Å². The Labute approximate surface area is 442 Å². The first-order valence-corrected chi connectivity index (χ1v) is 31.5. The molecule has 0 saturated carbocycles. The Hall–Kier alpha value is -2.37. The van der Waals surface area contributed by atoms with E-state index in [0.29, 0.717) is 19.3 Å². The van der Waals surface area contributed by atoms with E-state index in [1.807, 2.05) is 0 Å². The van der Waals surface area contributed by atoms with Crippen LogP contribution in [-0.2, 0) is 28.6 Å². The lowest BCUT2D eigenvalue weighted by Crippen LogP contribution is -2.30. The fourth-order valence-corrected chi connectivity index (χ4v) is 9.35. The quantitative estimate of drug-likeness (QED) is 0.0261. The van der Waals surface area contributed by atoms with E-state index in [-0.39, 0.29) is 31.1 Å². The van der Waals surface area contributed by atoms with Crippen LogP contribution in [0.2, 0.25) is 0 Å². The SMILES string of the molecule is CCCCCCC/C=C\C/C=C\CCCCCCCCCCCCCCCC(=O)OCC(COC(=O)CCCCCCCCCCCCC)OC(=O)CCCCCCCCC/C=C\CCCCCCCC. The van der Waals surface area contributed by atoms with E-state index in [4.69, 9.17) is 14.2 Å². The Morgan fingerprint density at radius 3 is 0.789 bits per heavy atom. The van der Waals surface area contributed by atoms with E-state index in [9.17, 15) is 14.4 Å². The Balaban J connectivity index is 4.22. The van der Waals surface area contributed by atoms with Gasteiger partial charge in [0.05, 0.1) is 0 Å². The van der Waals surface area contributed by atoms with Crippen molar-refractivity contribution >= 4 is 17.9 Å². The summed E-state index contributed by atoms with van der Waals surface area (Å²) in [7, 11) is 0. The molecule has 0 aromatic rings. The lowest BCUT2D eigenvalue weighted by atomic mass is 10.0. The second kappa shape index (κ2) is 60.2. The molecule has 416 valence electrons. The second-order valence-electron chi connectivity index (χ2n) is 21.3. The molecule has 0 spiro atoms. The Bertz CT molecular complexity index is 1190. The molecule has 0 fully saturated rings. The number of carbonyl (C=O) groups is 3. The molecule has 0 saturated heterocycles. The highest BCUT2D eigenvalue weighted by atomic mass is 16.6. The molecule has 0 aliphatic rings. The number of ether oxygens (including phenoxy) is 3. The molecule has 0 aromatic carbocycles. The average molecular weight is 998 g/mol. The van der Waals surface area contributed by atoms with Gasteiger partial charge in [0.25, 0.3) is 0 Å². The van der Waals surface area contributed by atoms with Crippen LogP contribution < -0.4 is 0 Å². The first-order chi connectivity index (χ1) is 35.0. The van der Waals surface area contributed by atoms with E-state index >= 15 is 0 Å². The van der Waals surface area contributed by atoms with Gasteiger partial charge in [-0.1, -0.05) is 282 Å². The predicted octanol–water partition coefficient (Wildman–Crippen LogP) is 21.2. The molecule has 0 rings (SSSR count). The molecule has 0 N–H and O–H groups in total. The molecule has 6 nitrogen and oxygen atoms in total. The normalized spacial score (nSPS) is 12.2. The first-order valence-electron chi connectivity index (χ1n) is 31.5. The van der Waals surface area contributed by atoms with Crippen LogP contribution in [0.3, 0.4) is 0 Å². The summed E-state index contributed by atoms with van der Waals surface area (Å²) in [5.41, 5.74) is 0. The Morgan fingerprint density at radius 1 is 0.282 bits per heavy atom. The van der Waals surface area contributed by atoms with Gasteiger partial charge in [-0.3, -0.25) is 14.4 Å². The molecular weight excluding hydrogens is 877 g/mol. The van der Waals surface area contributed by atoms with Crippen LogP contribution in [0.5, 0.6) is 0 Å². The summed E-state index contributed by atoms with van der Waals surface area (Å²) < 4.78 is 16.9. The number of hydrogen-bond acceptors (Lipinski definition) is 6. The topological polar surface area (TPSA) is 78.9 Å². The van der Waals surface area contributed by atoms with Crippen molar-refractivity contribution in [1.82, 2.24) is 0 Å². The number of rotatable bonds is 58. The summed E-state index contributed by atoms with van der Waals surface area (Å²) in [6.07, 6.45) is 72.9. The fourth-order valence-electron chi connectivity index (χ4n) is 9.35. The summed E-state index contributed by atoms with van der Waals surface area (Å²) in [6.45, 7) is 6.66. The molecule has 6 heteroatoms. The maximum atomic E-state index is 12.9. The fraction of sp³-hybridized carbons (Fsp3) is 0.862. The summed E-state index contributed by atoms with van der Waals surface area (Å²) in [5.74, 6) is -0.855. The maximum Gasteiger partial charge on any atom is 0.306 e. The third-order valence-corrected chi connectivity index (χ3v) is 14.1. The summed E-state index contributed by atoms with van der Waals surface area (Å²) in [6, 6.07) is 0. The van der Waals surface area contributed by atoms with Crippen LogP contribution in [0.4, 0.5) is 0 Å². The van der Waals surface area contributed by atoms with Crippen molar-refractivity contribution in [1.29, 1.82) is 0 Å². The van der Waals surface area contributed by atoms with Crippen molar-refractivity contribution in [3.63, 3.8) is 0 Å². The van der Waals surface area contributed by atoms with Gasteiger partial charge in [-0.15, -0.1) is 0 Å². The molecule has 71 heavy (non-hydrogen) atoms. The largest absolute Gasteiger partial charge is 0.462 e. The molecule has 0 radical (unpaired) electrons. The van der Waals surface area contributed by atoms with Gasteiger partial charge in [-0.2, -0.15) is 0 Å². The molecular formula is C65H120O6. The van der Waals surface area contributed by atoms with Gasteiger partial charge in [-0.05, 0) is 77.0 Å². The van der Waals surface area contributed by atoms with Gasteiger partial charge in [0.1, 0.15) is 13.2 Å². The lowest BCUT2D eigenvalue weighted by molar-refractivity contribution is -0.167. The monoisotopic (exact) mass is 997 g/mol. The van der Waals surface area contributed by atoms with E-state index < -0.39 is 6.10 Å². The zero-order chi connectivity index (χ0) is 51.4. The maximum absolute atomic E-state index is 12.9. The van der Waals surface area contributed by atoms with Crippen LogP contribution in [0.1, 0.15) is 342 Å². The molecule has 1 atom stereocenters. The van der Waals surface area contributed by atoms with Gasteiger partial charge in [0.15, 0.2) is 6.10 Å². The van der Waals surface area contributed by atoms with Crippen molar-refractivity contribution in [3.8, 4) is 0 Å². The van der Waals surface area contributed by atoms with E-state index in [0.717, 1.165) is 64.2 Å². The highest BCUT2D eigenvalue weighted by Gasteiger charge is 2.19. The molecule has 0 aromatic heterocycles. The first kappa shape index (κ1) is 68.6. The number of unbranched alkanes of at least 4 members (excludes halogenated alkanes) is 41. The predicted molar refractivity (Wildman–Crippen MR) is 307 cm³/mol. The molecule has 0 amide bonds. The van der Waals surface area contributed by atoms with Crippen molar-refractivity contribution in [2.45, 2.75) is 348 Å². The van der Waals surface area contributed by atoms with Gasteiger partial charge in [0.2, 0.25) is 0 Å². The number of esters is 3. The third kappa shape index (κ3) is 58.4. The van der Waals surface area contributed by atoms with Gasteiger partial charge < -0.3 is 14.2 Å². The smallest absolute Gasteiger partial charge is 0.306 e. The van der Waals surface area contributed by atoms with Crippen LogP contribution in [0, 0.1) is 0 Å². The molecule has 1 unspecified atom stereocenters. The minimum Gasteiger partial charge on any atom is -0.462 e. The van der Waals surface area contributed by atoms with Crippen LogP contribution >= 0.6 is 0 Å². The zero-order valence-corrected chi connectivity index (χ0v) is 47.8. The minimum atomic E-state index is -0.771. The van der Waals surface area contributed by atoms with Gasteiger partial charge >= 0.3 is 17.9 Å². The van der Waals surface area contributed by atoms with Crippen LogP contribution in [0.25, 0.3) is 0 Å². The van der Waals surface area contributed by atoms with Gasteiger partial charge in [0, 0.05) is 19.3 Å². The second-order valence-corrected chi connectivity index (χ2v) is 21.3. The standard InChI is InChI=1S/C65H120O6/c1-4-7-10-13-16-19-22-24-26-28-29-30-31-32-33-34-35-37-38-40-43-46-49-52-55-58-64(67)70-61-62(60-69-63(66)57-54-51-48-45-42-21-18-15-12-9-6-3)71-65(68)59-56-53-50-47-44-41-39-36-27-25-23-20-17-14-11-8-5-2/h22,24-25,27-29,62H,4-21,23,26,30-61H2,1-3H3/b24-22-,27-25-,29-28-. The van der Waals surface area contributed by atoms with Crippen molar-refractivity contribution in [2.75, 3.05) is 13.2 Å². The van der Waals surface area contributed by atoms with E-state index in [1.54, 1.807) is 0 Å². The van der Waals surface area contributed by atoms with Gasteiger partial charge in [-0.25, -0.2) is 0 Å². The molecule has 0 bridgehead atoms. The van der Waals surface area contributed by atoms with Crippen LogP contribution in [-0.4, -0.2) is 37.2 Å². The Kier molecular flexibility index (Phi) is 58.2. The minimum absolute atomic E-state index is 0.0697. The van der Waals surface area contributed by atoms with E-state index in [2.05, 4.69) is 57.2 Å². The molecule has 0 heterocycles. The highest BCUT2D eigenvalue weighted by molar-refractivity contribution is 5.71. The lowest BCUT2D eigenvalue weighted by Gasteiger charge is -2.18. The van der Waals surface area contributed by atoms with Crippen LogP contribution in [0.15, 0.2) is 36.5 Å². The number of carbonyl (C=O) groups excluding carboxylic acids is 3. The third-order valence-electron chi connectivity index (χ3n) is 14.1. The molecule has 0 aliphatic carbocycles. The highest BCUT2D eigenvalue weighted by Crippen LogP contribution is 2.17. The molecule has 0 aliphatic heterocycles.